The van der Waals surface area contributed by atoms with E-state index in [0.717, 1.165) is 31.0 Å². The van der Waals surface area contributed by atoms with Crippen LogP contribution in [0.5, 0.6) is 5.75 Å². The number of ether oxygens (including phenoxy) is 1. The lowest BCUT2D eigenvalue weighted by Crippen LogP contribution is -2.40. The number of amides is 1. The highest BCUT2D eigenvalue weighted by Gasteiger charge is 2.22. The number of nitro benzene ring substituents is 1. The molecule has 21 heavy (non-hydrogen) atoms. The number of carbonyl (C=O) groups is 1. The summed E-state index contributed by atoms with van der Waals surface area (Å²) in [6.07, 6.45) is 1.87. The van der Waals surface area contributed by atoms with Crippen LogP contribution in [0.3, 0.4) is 0 Å². The summed E-state index contributed by atoms with van der Waals surface area (Å²) in [5.74, 6) is -0.506. The molecule has 0 atom stereocenters. The zero-order valence-corrected chi connectivity index (χ0v) is 11.8. The maximum absolute atomic E-state index is 13.1. The van der Waals surface area contributed by atoms with E-state index in [0.29, 0.717) is 19.0 Å². The summed E-state index contributed by atoms with van der Waals surface area (Å²) in [6, 6.07) is 2.93. The maximum Gasteiger partial charge on any atom is 0.311 e. The molecule has 114 valence electrons. The van der Waals surface area contributed by atoms with Crippen molar-refractivity contribution in [1.29, 1.82) is 0 Å². The van der Waals surface area contributed by atoms with E-state index in [1.54, 1.807) is 4.90 Å². The summed E-state index contributed by atoms with van der Waals surface area (Å²) in [7, 11) is 0. The first-order valence-corrected chi connectivity index (χ1v) is 6.82. The molecule has 0 radical (unpaired) electrons. The summed E-state index contributed by atoms with van der Waals surface area (Å²) in [6.45, 7) is 3.14. The molecule has 1 fully saturated rings. The van der Waals surface area contributed by atoms with Crippen LogP contribution in [0.1, 0.15) is 19.8 Å². The van der Waals surface area contributed by atoms with Crippen LogP contribution in [0.15, 0.2) is 18.2 Å². The molecule has 0 saturated carbocycles. The van der Waals surface area contributed by atoms with Crippen molar-refractivity contribution in [3.05, 3.63) is 34.1 Å². The van der Waals surface area contributed by atoms with Crippen LogP contribution in [0.4, 0.5) is 10.1 Å². The molecular formula is C14H17FN2O4. The van der Waals surface area contributed by atoms with Gasteiger partial charge in [0, 0.05) is 25.2 Å². The van der Waals surface area contributed by atoms with E-state index in [1.807, 2.05) is 0 Å². The third kappa shape index (κ3) is 3.90. The predicted molar refractivity (Wildman–Crippen MR) is 73.5 cm³/mol. The lowest BCUT2D eigenvalue weighted by Gasteiger charge is -2.30. The van der Waals surface area contributed by atoms with E-state index in [9.17, 15) is 19.3 Å². The van der Waals surface area contributed by atoms with Crippen LogP contribution in [0.25, 0.3) is 0 Å². The number of benzene rings is 1. The first kappa shape index (κ1) is 15.2. The van der Waals surface area contributed by atoms with Crippen molar-refractivity contribution in [2.75, 3.05) is 19.7 Å². The Hall–Kier alpha value is -2.18. The molecule has 1 aliphatic rings. The molecule has 0 unspecified atom stereocenters. The Morgan fingerprint density at radius 2 is 2.14 bits per heavy atom. The second kappa shape index (κ2) is 6.51. The minimum Gasteiger partial charge on any atom is -0.477 e. The molecule has 6 nitrogen and oxygen atoms in total. The van der Waals surface area contributed by atoms with Crippen molar-refractivity contribution in [3.8, 4) is 5.75 Å². The minimum absolute atomic E-state index is 0.223. The molecule has 0 aromatic heterocycles. The van der Waals surface area contributed by atoms with Gasteiger partial charge in [-0.3, -0.25) is 14.9 Å². The molecule has 1 aromatic rings. The van der Waals surface area contributed by atoms with Crippen molar-refractivity contribution >= 4 is 11.6 Å². The van der Waals surface area contributed by atoms with Gasteiger partial charge in [-0.05, 0) is 24.8 Å². The number of hydrogen-bond donors (Lipinski definition) is 0. The number of halogens is 1. The van der Waals surface area contributed by atoms with Crippen LogP contribution >= 0.6 is 0 Å². The highest BCUT2D eigenvalue weighted by molar-refractivity contribution is 5.78. The molecule has 1 aromatic carbocycles. The molecule has 1 saturated heterocycles. The normalized spacial score (nSPS) is 15.8. The van der Waals surface area contributed by atoms with Crippen LogP contribution in [-0.4, -0.2) is 35.4 Å². The molecule has 1 heterocycles. The van der Waals surface area contributed by atoms with Gasteiger partial charge in [0.1, 0.15) is 5.82 Å². The van der Waals surface area contributed by atoms with E-state index in [4.69, 9.17) is 4.74 Å². The topological polar surface area (TPSA) is 72.7 Å². The lowest BCUT2D eigenvalue weighted by molar-refractivity contribution is -0.385. The van der Waals surface area contributed by atoms with Gasteiger partial charge in [0.25, 0.3) is 5.91 Å². The molecule has 0 aliphatic carbocycles. The van der Waals surface area contributed by atoms with Crippen LogP contribution in [-0.2, 0) is 4.79 Å². The average Bonchev–Trinajstić information content (AvgIpc) is 2.45. The molecule has 0 spiro atoms. The Balaban J connectivity index is 1.98. The Bertz CT molecular complexity index is 542. The van der Waals surface area contributed by atoms with E-state index in [1.165, 1.54) is 0 Å². The molecule has 1 amide bonds. The lowest BCUT2D eigenvalue weighted by atomic mass is 9.99. The van der Waals surface area contributed by atoms with E-state index in [-0.39, 0.29) is 24.0 Å². The molecule has 2 rings (SSSR count). The third-order valence-corrected chi connectivity index (χ3v) is 3.61. The van der Waals surface area contributed by atoms with Gasteiger partial charge in [-0.25, -0.2) is 4.39 Å². The summed E-state index contributed by atoms with van der Waals surface area (Å²) in [4.78, 5) is 23.8. The van der Waals surface area contributed by atoms with Crippen molar-refractivity contribution in [1.82, 2.24) is 4.90 Å². The number of piperidine rings is 1. The second-order valence-corrected chi connectivity index (χ2v) is 5.22. The number of carbonyl (C=O) groups excluding carboxylic acids is 1. The summed E-state index contributed by atoms with van der Waals surface area (Å²) in [5, 5.41) is 10.8. The Labute approximate surface area is 121 Å². The molecule has 0 bridgehead atoms. The minimum atomic E-state index is -0.665. The number of rotatable bonds is 4. The third-order valence-electron chi connectivity index (χ3n) is 3.61. The first-order valence-electron chi connectivity index (χ1n) is 6.82. The number of nitro groups is 1. The highest BCUT2D eigenvalue weighted by Crippen LogP contribution is 2.27. The average molecular weight is 296 g/mol. The van der Waals surface area contributed by atoms with Gasteiger partial charge in [0.2, 0.25) is 5.75 Å². The second-order valence-electron chi connectivity index (χ2n) is 5.22. The van der Waals surface area contributed by atoms with Gasteiger partial charge in [-0.2, -0.15) is 0 Å². The van der Waals surface area contributed by atoms with Crippen LogP contribution in [0, 0.1) is 21.8 Å². The van der Waals surface area contributed by atoms with Gasteiger partial charge in [0.15, 0.2) is 6.61 Å². The van der Waals surface area contributed by atoms with E-state index in [2.05, 4.69) is 6.92 Å². The van der Waals surface area contributed by atoms with Gasteiger partial charge in [-0.15, -0.1) is 0 Å². The predicted octanol–water partition coefficient (Wildman–Crippen LogP) is 2.37. The van der Waals surface area contributed by atoms with Crippen molar-refractivity contribution < 1.29 is 18.8 Å². The SMILES string of the molecule is CC1CCN(C(=O)COc2cc(F)ccc2[N+](=O)[O-])CC1. The Morgan fingerprint density at radius 1 is 1.48 bits per heavy atom. The monoisotopic (exact) mass is 296 g/mol. The molecular weight excluding hydrogens is 279 g/mol. The van der Waals surface area contributed by atoms with Gasteiger partial charge in [-0.1, -0.05) is 6.92 Å². The van der Waals surface area contributed by atoms with Gasteiger partial charge in [0.05, 0.1) is 4.92 Å². The Morgan fingerprint density at radius 3 is 2.76 bits per heavy atom. The fourth-order valence-corrected chi connectivity index (χ4v) is 2.24. The smallest absolute Gasteiger partial charge is 0.311 e. The van der Waals surface area contributed by atoms with Crippen molar-refractivity contribution in [2.45, 2.75) is 19.8 Å². The van der Waals surface area contributed by atoms with Gasteiger partial charge < -0.3 is 9.64 Å². The zero-order valence-electron chi connectivity index (χ0n) is 11.8. The number of hydrogen-bond acceptors (Lipinski definition) is 4. The standard InChI is InChI=1S/C14H17FN2O4/c1-10-4-6-16(7-5-10)14(18)9-21-13-8-11(15)2-3-12(13)17(19)20/h2-3,8,10H,4-7,9H2,1H3. The molecule has 7 heteroatoms. The molecule has 0 N–H and O–H groups in total. The molecule has 1 aliphatic heterocycles. The first-order chi connectivity index (χ1) is 9.97. The Kier molecular flexibility index (Phi) is 4.72. The number of nitrogens with zero attached hydrogens (tertiary/aromatic N) is 2. The zero-order chi connectivity index (χ0) is 15.4. The quantitative estimate of drug-likeness (QED) is 0.631. The van der Waals surface area contributed by atoms with Crippen LogP contribution < -0.4 is 4.74 Å². The van der Waals surface area contributed by atoms with Crippen molar-refractivity contribution in [3.63, 3.8) is 0 Å². The summed E-state index contributed by atoms with van der Waals surface area (Å²) < 4.78 is 18.3. The highest BCUT2D eigenvalue weighted by atomic mass is 19.1. The van der Waals surface area contributed by atoms with E-state index >= 15 is 0 Å². The number of likely N-dealkylation sites (tertiary alicyclic amines) is 1. The van der Waals surface area contributed by atoms with Gasteiger partial charge >= 0.3 is 5.69 Å². The fraction of sp³-hybridized carbons (Fsp3) is 0.500. The summed E-state index contributed by atoms with van der Waals surface area (Å²) in [5.41, 5.74) is -0.350. The largest absolute Gasteiger partial charge is 0.477 e. The van der Waals surface area contributed by atoms with E-state index < -0.39 is 10.7 Å². The van der Waals surface area contributed by atoms with Crippen molar-refractivity contribution in [2.24, 2.45) is 5.92 Å². The van der Waals surface area contributed by atoms with Crippen LogP contribution in [0.2, 0.25) is 0 Å². The fourth-order valence-electron chi connectivity index (χ4n) is 2.24. The maximum atomic E-state index is 13.1. The summed E-state index contributed by atoms with van der Waals surface area (Å²) >= 11 is 0.